The molecule has 7 aromatic carbocycles. The number of furan rings is 2. The van der Waals surface area contributed by atoms with Gasteiger partial charge in [-0.3, -0.25) is 0 Å². The van der Waals surface area contributed by atoms with Crippen LogP contribution in [0.3, 0.4) is 0 Å². The lowest BCUT2D eigenvalue weighted by molar-refractivity contribution is 0.669. The van der Waals surface area contributed by atoms with E-state index in [9.17, 15) is 0 Å². The molecule has 3 heterocycles. The van der Waals surface area contributed by atoms with E-state index in [0.717, 1.165) is 77.5 Å². The van der Waals surface area contributed by atoms with Gasteiger partial charge in [0, 0.05) is 32.8 Å². The minimum absolute atomic E-state index is 0.897. The Morgan fingerprint density at radius 1 is 0.422 bits per heavy atom. The highest BCUT2D eigenvalue weighted by molar-refractivity contribution is 6.20. The lowest BCUT2D eigenvalue weighted by Crippen LogP contribution is -1.92. The third-order valence-corrected chi connectivity index (χ3v) is 9.19. The molecule has 0 saturated heterocycles. The Morgan fingerprint density at radius 3 is 2.11 bits per heavy atom. The average Bonchev–Trinajstić information content (AvgIpc) is 3.77. The van der Waals surface area contributed by atoms with E-state index in [4.69, 9.17) is 8.83 Å². The molecule has 0 aliphatic carbocycles. The second-order valence-corrected chi connectivity index (χ2v) is 11.7. The van der Waals surface area contributed by atoms with Gasteiger partial charge in [-0.2, -0.15) is 0 Å². The van der Waals surface area contributed by atoms with E-state index in [1.165, 1.54) is 16.2 Å². The normalized spacial score (nSPS) is 12.0. The Labute approximate surface area is 258 Å². The standard InChI is InChI=1S/C42H25NO2/c1-2-13-30(14-3-1)43-36-19-7-6-16-33(36)42-40(43)35-18-9-17-32(41(35)45-42)29-12-8-11-27(24-29)28-20-22-34-38(25-28)44-37-23-21-26-10-4-5-15-31(26)39(34)37/h1-25H. The highest BCUT2D eigenvalue weighted by Crippen LogP contribution is 2.43. The molecule has 3 heteroatoms. The maximum atomic E-state index is 6.79. The molecule has 10 aromatic rings. The number of rotatable bonds is 3. The molecule has 0 atom stereocenters. The van der Waals surface area contributed by atoms with Crippen molar-refractivity contribution >= 4 is 65.7 Å². The first-order chi connectivity index (χ1) is 22.3. The van der Waals surface area contributed by atoms with Crippen LogP contribution in [0, 0.1) is 0 Å². The molecule has 0 saturated carbocycles. The summed E-state index contributed by atoms with van der Waals surface area (Å²) < 4.78 is 15.5. The van der Waals surface area contributed by atoms with Gasteiger partial charge >= 0.3 is 0 Å². The summed E-state index contributed by atoms with van der Waals surface area (Å²) in [5.41, 5.74) is 11.4. The molecular formula is C42H25NO2. The van der Waals surface area contributed by atoms with Gasteiger partial charge in [-0.05, 0) is 82.1 Å². The molecular weight excluding hydrogens is 550 g/mol. The molecule has 0 bridgehead atoms. The van der Waals surface area contributed by atoms with Gasteiger partial charge in [-0.15, -0.1) is 0 Å². The zero-order valence-electron chi connectivity index (χ0n) is 24.2. The highest BCUT2D eigenvalue weighted by Gasteiger charge is 2.21. The predicted octanol–water partition coefficient (Wildman–Crippen LogP) is 11.9. The Kier molecular flexibility index (Phi) is 5.00. The molecule has 45 heavy (non-hydrogen) atoms. The van der Waals surface area contributed by atoms with E-state index in [1.54, 1.807) is 0 Å². The second-order valence-electron chi connectivity index (χ2n) is 11.7. The van der Waals surface area contributed by atoms with Crippen molar-refractivity contribution in [1.82, 2.24) is 4.57 Å². The van der Waals surface area contributed by atoms with Gasteiger partial charge in [-0.25, -0.2) is 0 Å². The Hall–Kier alpha value is -6.06. The van der Waals surface area contributed by atoms with Crippen LogP contribution in [0.25, 0.3) is 93.6 Å². The van der Waals surface area contributed by atoms with Crippen LogP contribution in [0.5, 0.6) is 0 Å². The molecule has 0 radical (unpaired) electrons. The smallest absolute Gasteiger partial charge is 0.161 e. The van der Waals surface area contributed by atoms with Gasteiger partial charge in [0.1, 0.15) is 22.3 Å². The van der Waals surface area contributed by atoms with Crippen molar-refractivity contribution in [2.24, 2.45) is 0 Å². The van der Waals surface area contributed by atoms with E-state index < -0.39 is 0 Å². The van der Waals surface area contributed by atoms with Crippen LogP contribution < -0.4 is 0 Å². The van der Waals surface area contributed by atoms with E-state index in [2.05, 4.69) is 156 Å². The number of hydrogen-bond donors (Lipinski definition) is 0. The zero-order chi connectivity index (χ0) is 29.5. The monoisotopic (exact) mass is 575 g/mol. The Balaban J connectivity index is 1.15. The van der Waals surface area contributed by atoms with Crippen LogP contribution in [0.4, 0.5) is 0 Å². The third kappa shape index (κ3) is 3.52. The van der Waals surface area contributed by atoms with Crippen LogP contribution in [0.1, 0.15) is 0 Å². The van der Waals surface area contributed by atoms with Crippen molar-refractivity contribution < 1.29 is 8.83 Å². The Morgan fingerprint density at radius 2 is 1.18 bits per heavy atom. The number of hydrogen-bond acceptors (Lipinski definition) is 2. The fraction of sp³-hybridized carbons (Fsp3) is 0. The summed E-state index contributed by atoms with van der Waals surface area (Å²) >= 11 is 0. The number of benzene rings is 7. The molecule has 0 aliphatic heterocycles. The van der Waals surface area contributed by atoms with E-state index in [-0.39, 0.29) is 0 Å². The van der Waals surface area contributed by atoms with E-state index in [1.807, 2.05) is 0 Å². The zero-order valence-corrected chi connectivity index (χ0v) is 24.2. The molecule has 3 aromatic heterocycles. The SMILES string of the molecule is c1ccc(-n2c3ccccc3c3oc4c(-c5cccc(-c6ccc7c(c6)oc6ccc8ccccc8c67)c5)cccc4c32)cc1. The lowest BCUT2D eigenvalue weighted by Gasteiger charge is -2.09. The van der Waals surface area contributed by atoms with Crippen LogP contribution in [-0.4, -0.2) is 4.57 Å². The van der Waals surface area contributed by atoms with Crippen molar-refractivity contribution in [3.8, 4) is 27.9 Å². The largest absolute Gasteiger partial charge is 0.456 e. The molecule has 0 amide bonds. The first-order valence-corrected chi connectivity index (χ1v) is 15.3. The number of para-hydroxylation sites is 3. The van der Waals surface area contributed by atoms with Crippen molar-refractivity contribution in [1.29, 1.82) is 0 Å². The molecule has 3 nitrogen and oxygen atoms in total. The first kappa shape index (κ1) is 24.4. The summed E-state index contributed by atoms with van der Waals surface area (Å²) in [6.45, 7) is 0. The topological polar surface area (TPSA) is 31.2 Å². The quantitative estimate of drug-likeness (QED) is 0.210. The van der Waals surface area contributed by atoms with Crippen molar-refractivity contribution in [2.45, 2.75) is 0 Å². The van der Waals surface area contributed by atoms with Gasteiger partial charge in [0.2, 0.25) is 0 Å². The minimum atomic E-state index is 0.897. The van der Waals surface area contributed by atoms with Crippen molar-refractivity contribution in [3.05, 3.63) is 152 Å². The number of nitrogens with zero attached hydrogens (tertiary/aromatic N) is 1. The summed E-state index contributed by atoms with van der Waals surface area (Å²) in [6.07, 6.45) is 0. The number of fused-ring (bicyclic) bond motifs is 10. The average molecular weight is 576 g/mol. The molecule has 0 N–H and O–H groups in total. The maximum absolute atomic E-state index is 6.79. The summed E-state index contributed by atoms with van der Waals surface area (Å²) in [7, 11) is 0. The fourth-order valence-corrected chi connectivity index (χ4v) is 7.16. The first-order valence-electron chi connectivity index (χ1n) is 15.3. The summed E-state index contributed by atoms with van der Waals surface area (Å²) in [4.78, 5) is 0. The van der Waals surface area contributed by atoms with Crippen LogP contribution >= 0.6 is 0 Å². The molecule has 10 rings (SSSR count). The van der Waals surface area contributed by atoms with Crippen molar-refractivity contribution in [2.75, 3.05) is 0 Å². The van der Waals surface area contributed by atoms with Crippen LogP contribution in [-0.2, 0) is 0 Å². The van der Waals surface area contributed by atoms with Crippen LogP contribution in [0.15, 0.2) is 160 Å². The molecule has 0 fully saturated rings. The number of aromatic nitrogens is 1. The fourth-order valence-electron chi connectivity index (χ4n) is 7.16. The minimum Gasteiger partial charge on any atom is -0.456 e. The highest BCUT2D eigenvalue weighted by atomic mass is 16.3. The van der Waals surface area contributed by atoms with E-state index in [0.29, 0.717) is 0 Å². The predicted molar refractivity (Wildman–Crippen MR) is 186 cm³/mol. The van der Waals surface area contributed by atoms with Crippen molar-refractivity contribution in [3.63, 3.8) is 0 Å². The molecule has 0 unspecified atom stereocenters. The second kappa shape index (κ2) is 9.22. The Bertz CT molecular complexity index is 2760. The lowest BCUT2D eigenvalue weighted by atomic mass is 9.97. The van der Waals surface area contributed by atoms with Crippen LogP contribution in [0.2, 0.25) is 0 Å². The molecule has 0 spiro atoms. The van der Waals surface area contributed by atoms with E-state index >= 15 is 0 Å². The summed E-state index contributed by atoms with van der Waals surface area (Å²) in [5.74, 6) is 0. The molecule has 210 valence electrons. The maximum Gasteiger partial charge on any atom is 0.161 e. The van der Waals surface area contributed by atoms with Gasteiger partial charge in [0.25, 0.3) is 0 Å². The van der Waals surface area contributed by atoms with Gasteiger partial charge in [0.15, 0.2) is 5.58 Å². The van der Waals surface area contributed by atoms with Gasteiger partial charge in [-0.1, -0.05) is 97.1 Å². The summed E-state index contributed by atoms with van der Waals surface area (Å²) in [6, 6.07) is 53.5. The van der Waals surface area contributed by atoms with Gasteiger partial charge < -0.3 is 13.4 Å². The molecule has 0 aliphatic rings. The van der Waals surface area contributed by atoms with Gasteiger partial charge in [0.05, 0.1) is 5.52 Å². The summed E-state index contributed by atoms with van der Waals surface area (Å²) in [5, 5.41) is 6.96. The third-order valence-electron chi connectivity index (χ3n) is 9.19.